The SMILES string of the molecule is Fc1cccc(-c2nc3cc(NN4CCCC4)ccc3s2)c1. The van der Waals surface area contributed by atoms with E-state index in [4.69, 9.17) is 0 Å². The van der Waals surface area contributed by atoms with Gasteiger partial charge in [-0.15, -0.1) is 11.3 Å². The van der Waals surface area contributed by atoms with Gasteiger partial charge in [0, 0.05) is 18.7 Å². The molecule has 2 aromatic carbocycles. The van der Waals surface area contributed by atoms with E-state index < -0.39 is 0 Å². The average molecular weight is 313 g/mol. The van der Waals surface area contributed by atoms with Crippen molar-refractivity contribution in [1.29, 1.82) is 0 Å². The Bertz CT molecular complexity index is 809. The Morgan fingerprint density at radius 2 is 1.95 bits per heavy atom. The van der Waals surface area contributed by atoms with Gasteiger partial charge in [0.05, 0.1) is 15.9 Å². The number of aromatic nitrogens is 1. The highest BCUT2D eigenvalue weighted by Gasteiger charge is 2.12. The molecule has 1 N–H and O–H groups in total. The second kappa shape index (κ2) is 5.66. The molecule has 0 atom stereocenters. The standard InChI is InChI=1S/C17H16FN3S/c18-13-5-3-4-12(10-13)17-19-15-11-14(6-7-16(15)22-17)20-21-8-1-2-9-21/h3-7,10-11,20H,1-2,8-9H2. The number of halogens is 1. The molecule has 22 heavy (non-hydrogen) atoms. The zero-order chi connectivity index (χ0) is 14.9. The Labute approximate surface area is 132 Å². The molecule has 0 saturated carbocycles. The van der Waals surface area contributed by atoms with E-state index in [9.17, 15) is 4.39 Å². The van der Waals surface area contributed by atoms with Crippen LogP contribution in [0.1, 0.15) is 12.8 Å². The molecule has 2 heterocycles. The number of hydrazine groups is 1. The van der Waals surface area contributed by atoms with E-state index >= 15 is 0 Å². The molecule has 0 spiro atoms. The number of hydrogen-bond donors (Lipinski definition) is 1. The summed E-state index contributed by atoms with van der Waals surface area (Å²) in [6.07, 6.45) is 2.49. The minimum atomic E-state index is -0.229. The van der Waals surface area contributed by atoms with Gasteiger partial charge in [-0.2, -0.15) is 0 Å². The van der Waals surface area contributed by atoms with Crippen LogP contribution in [0.4, 0.5) is 10.1 Å². The molecule has 1 saturated heterocycles. The van der Waals surface area contributed by atoms with Crippen molar-refractivity contribution in [3.05, 3.63) is 48.3 Å². The predicted octanol–water partition coefficient (Wildman–Crippen LogP) is 4.53. The molecule has 5 heteroatoms. The van der Waals surface area contributed by atoms with Crippen LogP contribution >= 0.6 is 11.3 Å². The van der Waals surface area contributed by atoms with Crippen LogP contribution < -0.4 is 5.43 Å². The highest BCUT2D eigenvalue weighted by molar-refractivity contribution is 7.21. The molecule has 4 rings (SSSR count). The van der Waals surface area contributed by atoms with Gasteiger partial charge in [-0.1, -0.05) is 12.1 Å². The topological polar surface area (TPSA) is 28.2 Å². The maximum absolute atomic E-state index is 13.4. The minimum absolute atomic E-state index is 0.229. The van der Waals surface area contributed by atoms with Crippen molar-refractivity contribution in [1.82, 2.24) is 9.99 Å². The molecule has 0 radical (unpaired) electrons. The van der Waals surface area contributed by atoms with Gasteiger partial charge in [0.15, 0.2) is 0 Å². The fraction of sp³-hybridized carbons (Fsp3) is 0.235. The van der Waals surface area contributed by atoms with Crippen LogP contribution in [0.2, 0.25) is 0 Å². The number of hydrogen-bond acceptors (Lipinski definition) is 4. The second-order valence-corrected chi connectivity index (χ2v) is 6.55. The summed E-state index contributed by atoms with van der Waals surface area (Å²) >= 11 is 1.59. The highest BCUT2D eigenvalue weighted by atomic mass is 32.1. The van der Waals surface area contributed by atoms with Crippen LogP contribution in [0, 0.1) is 5.82 Å². The molecule has 1 aromatic heterocycles. The number of rotatable bonds is 3. The van der Waals surface area contributed by atoms with Gasteiger partial charge in [-0.25, -0.2) is 14.4 Å². The first-order chi connectivity index (χ1) is 10.8. The minimum Gasteiger partial charge on any atom is -0.319 e. The quantitative estimate of drug-likeness (QED) is 0.770. The first-order valence-electron chi connectivity index (χ1n) is 7.46. The van der Waals surface area contributed by atoms with Crippen molar-refractivity contribution in [3.8, 4) is 10.6 Å². The monoisotopic (exact) mass is 313 g/mol. The van der Waals surface area contributed by atoms with Gasteiger partial charge in [0.25, 0.3) is 0 Å². The van der Waals surface area contributed by atoms with Crippen molar-refractivity contribution < 1.29 is 4.39 Å². The lowest BCUT2D eigenvalue weighted by atomic mass is 10.2. The van der Waals surface area contributed by atoms with E-state index in [2.05, 4.69) is 33.6 Å². The molecule has 0 bridgehead atoms. The summed E-state index contributed by atoms with van der Waals surface area (Å²) < 4.78 is 14.5. The second-order valence-electron chi connectivity index (χ2n) is 5.52. The molecule has 0 unspecified atom stereocenters. The third kappa shape index (κ3) is 2.69. The Balaban J connectivity index is 1.65. The lowest BCUT2D eigenvalue weighted by molar-refractivity contribution is 0.410. The normalized spacial score (nSPS) is 15.5. The van der Waals surface area contributed by atoms with Gasteiger partial charge < -0.3 is 5.43 Å². The lowest BCUT2D eigenvalue weighted by Gasteiger charge is -2.17. The lowest BCUT2D eigenvalue weighted by Crippen LogP contribution is -2.25. The number of thiazole rings is 1. The number of fused-ring (bicyclic) bond motifs is 1. The van der Waals surface area contributed by atoms with Gasteiger partial charge in [0.1, 0.15) is 10.8 Å². The van der Waals surface area contributed by atoms with E-state index in [1.807, 2.05) is 6.07 Å². The van der Waals surface area contributed by atoms with Crippen LogP contribution in [0.15, 0.2) is 42.5 Å². The van der Waals surface area contributed by atoms with Crippen LogP contribution in [0.3, 0.4) is 0 Å². The van der Waals surface area contributed by atoms with Gasteiger partial charge in [-0.3, -0.25) is 0 Å². The third-order valence-electron chi connectivity index (χ3n) is 3.85. The van der Waals surface area contributed by atoms with Crippen LogP contribution in [0.5, 0.6) is 0 Å². The molecule has 1 aliphatic rings. The van der Waals surface area contributed by atoms with Crippen LogP contribution in [-0.2, 0) is 0 Å². The fourth-order valence-electron chi connectivity index (χ4n) is 2.75. The zero-order valence-electron chi connectivity index (χ0n) is 12.1. The number of benzene rings is 2. The summed E-state index contributed by atoms with van der Waals surface area (Å²) in [5, 5.41) is 3.09. The zero-order valence-corrected chi connectivity index (χ0v) is 12.9. The molecule has 1 fully saturated rings. The Kier molecular flexibility index (Phi) is 3.52. The first kappa shape index (κ1) is 13.7. The summed E-state index contributed by atoms with van der Waals surface area (Å²) in [6.45, 7) is 2.17. The Hall–Kier alpha value is -1.98. The number of anilines is 1. The summed E-state index contributed by atoms with van der Waals surface area (Å²) in [6, 6.07) is 12.8. The summed E-state index contributed by atoms with van der Waals surface area (Å²) in [7, 11) is 0. The van der Waals surface area contributed by atoms with Crippen molar-refractivity contribution in [2.75, 3.05) is 18.5 Å². The summed E-state index contributed by atoms with van der Waals surface area (Å²) in [5.41, 5.74) is 6.27. The van der Waals surface area contributed by atoms with Crippen LogP contribution in [-0.4, -0.2) is 23.1 Å². The Morgan fingerprint density at radius 1 is 1.09 bits per heavy atom. The third-order valence-corrected chi connectivity index (χ3v) is 4.94. The summed E-state index contributed by atoms with van der Waals surface area (Å²) in [4.78, 5) is 4.65. The van der Waals surface area contributed by atoms with Crippen molar-refractivity contribution in [2.24, 2.45) is 0 Å². The number of nitrogens with zero attached hydrogens (tertiary/aromatic N) is 2. The maximum Gasteiger partial charge on any atom is 0.124 e. The Morgan fingerprint density at radius 3 is 2.77 bits per heavy atom. The highest BCUT2D eigenvalue weighted by Crippen LogP contribution is 2.32. The fourth-order valence-corrected chi connectivity index (χ4v) is 3.70. The molecule has 3 aromatic rings. The van der Waals surface area contributed by atoms with E-state index in [-0.39, 0.29) is 5.82 Å². The number of nitrogens with one attached hydrogen (secondary N) is 1. The van der Waals surface area contributed by atoms with Crippen molar-refractivity contribution in [3.63, 3.8) is 0 Å². The van der Waals surface area contributed by atoms with Gasteiger partial charge in [-0.05, 0) is 43.2 Å². The van der Waals surface area contributed by atoms with E-state index in [0.717, 1.165) is 39.6 Å². The largest absolute Gasteiger partial charge is 0.319 e. The molecular formula is C17H16FN3S. The van der Waals surface area contributed by atoms with Crippen molar-refractivity contribution in [2.45, 2.75) is 12.8 Å². The smallest absolute Gasteiger partial charge is 0.124 e. The molecule has 0 amide bonds. The first-order valence-corrected chi connectivity index (χ1v) is 8.28. The average Bonchev–Trinajstić information content (AvgIpc) is 3.16. The van der Waals surface area contributed by atoms with E-state index in [0.29, 0.717) is 0 Å². The molecule has 112 valence electrons. The van der Waals surface area contributed by atoms with Gasteiger partial charge >= 0.3 is 0 Å². The van der Waals surface area contributed by atoms with E-state index in [1.54, 1.807) is 17.4 Å². The molecular weight excluding hydrogens is 297 g/mol. The molecule has 3 nitrogen and oxygen atoms in total. The molecule has 0 aliphatic carbocycles. The van der Waals surface area contributed by atoms with Crippen LogP contribution in [0.25, 0.3) is 20.8 Å². The predicted molar refractivity (Wildman–Crippen MR) is 89.4 cm³/mol. The van der Waals surface area contributed by atoms with Gasteiger partial charge in [0.2, 0.25) is 0 Å². The maximum atomic E-state index is 13.4. The van der Waals surface area contributed by atoms with Crippen molar-refractivity contribution >= 4 is 27.2 Å². The van der Waals surface area contributed by atoms with E-state index in [1.165, 1.54) is 25.0 Å². The molecule has 1 aliphatic heterocycles. The summed E-state index contributed by atoms with van der Waals surface area (Å²) in [5.74, 6) is -0.229.